The first-order valence-corrected chi connectivity index (χ1v) is 5.94. The lowest BCUT2D eigenvalue weighted by Gasteiger charge is -2.12. The van der Waals surface area contributed by atoms with Crippen LogP contribution in [0, 0.1) is 5.92 Å². The van der Waals surface area contributed by atoms with Crippen molar-refractivity contribution >= 4 is 11.8 Å². The van der Waals surface area contributed by atoms with E-state index in [1.165, 1.54) is 0 Å². The Balaban J connectivity index is 2.08. The molecular weight excluding hydrogens is 206 g/mol. The summed E-state index contributed by atoms with van der Waals surface area (Å²) in [5, 5.41) is 5.60. The fourth-order valence-electron chi connectivity index (χ4n) is 1.43. The zero-order chi connectivity index (χ0) is 12.0. The van der Waals surface area contributed by atoms with Gasteiger partial charge in [-0.1, -0.05) is 6.92 Å². The Bertz CT molecular complexity index is 248. The molecule has 0 spiro atoms. The van der Waals surface area contributed by atoms with Gasteiger partial charge in [-0.15, -0.1) is 0 Å². The number of hydrogen-bond donors (Lipinski definition) is 3. The van der Waals surface area contributed by atoms with Crippen molar-refractivity contribution in [2.24, 2.45) is 11.7 Å². The SMILES string of the molecule is CCC(CN)C(=O)NCCC(=O)NC1CC1. The van der Waals surface area contributed by atoms with Crippen molar-refractivity contribution in [3.8, 4) is 0 Å². The second-order valence-corrected chi connectivity index (χ2v) is 4.22. The van der Waals surface area contributed by atoms with Gasteiger partial charge in [-0.05, 0) is 19.3 Å². The van der Waals surface area contributed by atoms with Crippen molar-refractivity contribution in [2.75, 3.05) is 13.1 Å². The van der Waals surface area contributed by atoms with Gasteiger partial charge >= 0.3 is 0 Å². The summed E-state index contributed by atoms with van der Waals surface area (Å²) in [5.74, 6) is -0.167. The summed E-state index contributed by atoms with van der Waals surface area (Å²) in [6.45, 7) is 2.68. The molecule has 0 radical (unpaired) electrons. The highest BCUT2D eigenvalue weighted by Crippen LogP contribution is 2.18. The highest BCUT2D eigenvalue weighted by atomic mass is 16.2. The summed E-state index contributed by atoms with van der Waals surface area (Å²) < 4.78 is 0. The average Bonchev–Trinajstić information content (AvgIpc) is 3.03. The van der Waals surface area contributed by atoms with Crippen LogP contribution in [0.15, 0.2) is 0 Å². The van der Waals surface area contributed by atoms with Crippen molar-refractivity contribution in [3.05, 3.63) is 0 Å². The molecule has 0 aromatic heterocycles. The van der Waals surface area contributed by atoms with E-state index in [1.54, 1.807) is 0 Å². The zero-order valence-corrected chi connectivity index (χ0v) is 9.79. The topological polar surface area (TPSA) is 84.2 Å². The Kier molecular flexibility index (Phi) is 5.25. The minimum atomic E-state index is -0.133. The van der Waals surface area contributed by atoms with E-state index in [-0.39, 0.29) is 17.7 Å². The molecule has 1 unspecified atom stereocenters. The average molecular weight is 227 g/mol. The fourth-order valence-corrected chi connectivity index (χ4v) is 1.43. The molecule has 4 N–H and O–H groups in total. The van der Waals surface area contributed by atoms with Gasteiger partial charge in [0.15, 0.2) is 0 Å². The van der Waals surface area contributed by atoms with Crippen LogP contribution in [0.25, 0.3) is 0 Å². The van der Waals surface area contributed by atoms with Gasteiger partial charge in [-0.25, -0.2) is 0 Å². The van der Waals surface area contributed by atoms with E-state index < -0.39 is 0 Å². The standard InChI is InChI=1S/C11H21N3O2/c1-2-8(7-12)11(16)13-6-5-10(15)14-9-3-4-9/h8-9H,2-7,12H2,1H3,(H,13,16)(H,14,15). The quantitative estimate of drug-likeness (QED) is 0.561. The van der Waals surface area contributed by atoms with Crippen molar-refractivity contribution in [1.82, 2.24) is 10.6 Å². The van der Waals surface area contributed by atoms with Gasteiger partial charge in [0.2, 0.25) is 11.8 Å². The van der Waals surface area contributed by atoms with Crippen LogP contribution < -0.4 is 16.4 Å². The van der Waals surface area contributed by atoms with Gasteiger partial charge in [-0.3, -0.25) is 9.59 Å². The van der Waals surface area contributed by atoms with Gasteiger partial charge in [0.1, 0.15) is 0 Å². The highest BCUT2D eigenvalue weighted by molar-refractivity contribution is 5.80. The third kappa shape index (κ3) is 4.61. The van der Waals surface area contributed by atoms with Crippen molar-refractivity contribution in [3.63, 3.8) is 0 Å². The smallest absolute Gasteiger partial charge is 0.224 e. The molecule has 5 heteroatoms. The van der Waals surface area contributed by atoms with Gasteiger partial charge in [0, 0.05) is 31.5 Å². The molecule has 0 bridgehead atoms. The highest BCUT2D eigenvalue weighted by Gasteiger charge is 2.23. The van der Waals surface area contributed by atoms with Gasteiger partial charge < -0.3 is 16.4 Å². The normalized spacial score (nSPS) is 16.6. The van der Waals surface area contributed by atoms with E-state index in [4.69, 9.17) is 5.73 Å². The molecule has 5 nitrogen and oxygen atoms in total. The maximum Gasteiger partial charge on any atom is 0.224 e. The lowest BCUT2D eigenvalue weighted by Crippen LogP contribution is -2.37. The number of nitrogens with two attached hydrogens (primary N) is 1. The summed E-state index contributed by atoms with van der Waals surface area (Å²) >= 11 is 0. The molecule has 0 aromatic rings. The molecule has 2 amide bonds. The Morgan fingerprint density at radius 2 is 2.12 bits per heavy atom. The first-order chi connectivity index (χ1) is 7.67. The van der Waals surface area contributed by atoms with Crippen LogP contribution in [0.4, 0.5) is 0 Å². The van der Waals surface area contributed by atoms with Crippen LogP contribution in [0.3, 0.4) is 0 Å². The largest absolute Gasteiger partial charge is 0.355 e. The number of nitrogens with one attached hydrogen (secondary N) is 2. The van der Waals surface area contributed by atoms with Gasteiger partial charge in [-0.2, -0.15) is 0 Å². The lowest BCUT2D eigenvalue weighted by atomic mass is 10.1. The minimum absolute atomic E-state index is 0.0172. The van der Waals surface area contributed by atoms with E-state index >= 15 is 0 Å². The summed E-state index contributed by atoms with van der Waals surface area (Å²) in [7, 11) is 0. The Hall–Kier alpha value is -1.10. The molecule has 0 saturated heterocycles. The Morgan fingerprint density at radius 1 is 1.44 bits per heavy atom. The number of amides is 2. The van der Waals surface area contributed by atoms with Gasteiger partial charge in [0.05, 0.1) is 0 Å². The third-order valence-electron chi connectivity index (χ3n) is 2.74. The van der Waals surface area contributed by atoms with Crippen molar-refractivity contribution in [1.29, 1.82) is 0 Å². The number of hydrogen-bond acceptors (Lipinski definition) is 3. The molecule has 0 heterocycles. The van der Waals surface area contributed by atoms with E-state index in [0.717, 1.165) is 19.3 Å². The van der Waals surface area contributed by atoms with Crippen molar-refractivity contribution < 1.29 is 9.59 Å². The Labute approximate surface area is 96.1 Å². The summed E-state index contributed by atoms with van der Waals surface area (Å²) in [6.07, 6.45) is 3.26. The molecule has 1 saturated carbocycles. The first-order valence-electron chi connectivity index (χ1n) is 5.94. The molecule has 1 aliphatic rings. The first kappa shape index (κ1) is 13.0. The van der Waals surface area contributed by atoms with E-state index in [2.05, 4.69) is 10.6 Å². The van der Waals surface area contributed by atoms with E-state index in [9.17, 15) is 9.59 Å². The molecule has 1 aliphatic carbocycles. The monoisotopic (exact) mass is 227 g/mol. The molecule has 1 fully saturated rings. The minimum Gasteiger partial charge on any atom is -0.355 e. The summed E-state index contributed by atoms with van der Waals surface area (Å²) in [6, 6.07) is 0.385. The summed E-state index contributed by atoms with van der Waals surface area (Å²) in [4.78, 5) is 22.8. The number of carbonyl (C=O) groups excluding carboxylic acids is 2. The van der Waals surface area contributed by atoms with Gasteiger partial charge in [0.25, 0.3) is 0 Å². The molecule has 0 aromatic carbocycles. The molecule has 16 heavy (non-hydrogen) atoms. The van der Waals surface area contributed by atoms with E-state index in [1.807, 2.05) is 6.92 Å². The Morgan fingerprint density at radius 3 is 2.62 bits per heavy atom. The van der Waals surface area contributed by atoms with Crippen LogP contribution in [0.5, 0.6) is 0 Å². The van der Waals surface area contributed by atoms with Crippen molar-refractivity contribution in [2.45, 2.75) is 38.6 Å². The molecule has 0 aliphatic heterocycles. The maximum absolute atomic E-state index is 11.5. The number of carbonyl (C=O) groups is 2. The van der Waals surface area contributed by atoms with Crippen LogP contribution in [0.1, 0.15) is 32.6 Å². The van der Waals surface area contributed by atoms with Crippen LogP contribution in [0.2, 0.25) is 0 Å². The fraction of sp³-hybridized carbons (Fsp3) is 0.818. The molecule has 1 rings (SSSR count). The molecule has 1 atom stereocenters. The number of rotatable bonds is 7. The third-order valence-corrected chi connectivity index (χ3v) is 2.74. The molecular formula is C11H21N3O2. The zero-order valence-electron chi connectivity index (χ0n) is 9.79. The predicted octanol–water partition coefficient (Wildman–Crippen LogP) is -0.244. The van der Waals surface area contributed by atoms with Crippen LogP contribution in [-0.2, 0) is 9.59 Å². The predicted molar refractivity (Wildman–Crippen MR) is 61.6 cm³/mol. The summed E-state index contributed by atoms with van der Waals surface area (Å²) in [5.41, 5.74) is 5.45. The van der Waals surface area contributed by atoms with Crippen LogP contribution in [-0.4, -0.2) is 30.9 Å². The second kappa shape index (κ2) is 6.48. The molecule has 92 valence electrons. The second-order valence-electron chi connectivity index (χ2n) is 4.22. The maximum atomic E-state index is 11.5. The van der Waals surface area contributed by atoms with E-state index in [0.29, 0.717) is 25.6 Å². The lowest BCUT2D eigenvalue weighted by molar-refractivity contribution is -0.125. The van der Waals surface area contributed by atoms with Crippen LogP contribution >= 0.6 is 0 Å².